The summed E-state index contributed by atoms with van der Waals surface area (Å²) in [5.74, 6) is 0. The van der Waals surface area contributed by atoms with Gasteiger partial charge in [-0.1, -0.05) is 17.7 Å². The average molecular weight is 121 g/mol. The van der Waals surface area contributed by atoms with Gasteiger partial charge in [0, 0.05) is 12.1 Å². The second-order valence-corrected chi connectivity index (χ2v) is 1.65. The van der Waals surface area contributed by atoms with Crippen molar-refractivity contribution in [2.24, 2.45) is 0 Å². The van der Waals surface area contributed by atoms with Crippen LogP contribution in [0.15, 0.2) is 11.1 Å². The van der Waals surface area contributed by atoms with E-state index in [4.69, 9.17) is 16.3 Å². The van der Waals surface area contributed by atoms with Crippen LogP contribution in [0.1, 0.15) is 6.92 Å². The highest BCUT2D eigenvalue weighted by Gasteiger charge is 1.82. The van der Waals surface area contributed by atoms with Crippen LogP contribution in [0, 0.1) is 0 Å². The Morgan fingerprint density at radius 3 is 2.57 bits per heavy atom. The maximum Gasteiger partial charge on any atom is 0.0815 e. The first-order valence-electron chi connectivity index (χ1n) is 2.11. The van der Waals surface area contributed by atoms with Gasteiger partial charge < -0.3 is 4.74 Å². The highest BCUT2D eigenvalue weighted by Crippen LogP contribution is 1.98. The van der Waals surface area contributed by atoms with Gasteiger partial charge in [0.25, 0.3) is 0 Å². The van der Waals surface area contributed by atoms with Crippen molar-refractivity contribution < 1.29 is 4.74 Å². The second kappa shape index (κ2) is 4.16. The molecule has 0 N–H and O–H groups in total. The zero-order chi connectivity index (χ0) is 5.70. The van der Waals surface area contributed by atoms with Crippen molar-refractivity contribution in [3.8, 4) is 0 Å². The Hall–Kier alpha value is -0.0100. The monoisotopic (exact) mass is 120 g/mol. The summed E-state index contributed by atoms with van der Waals surface area (Å²) in [6, 6.07) is 0. The summed E-state index contributed by atoms with van der Waals surface area (Å²) in [7, 11) is 1.62. The Kier molecular flexibility index (Phi) is 4.15. The molecule has 42 valence electrons. The van der Waals surface area contributed by atoms with E-state index in [0.29, 0.717) is 6.61 Å². The van der Waals surface area contributed by atoms with Gasteiger partial charge in [0.1, 0.15) is 0 Å². The number of ether oxygens (including phenoxy) is 1. The average Bonchev–Trinajstić information content (AvgIpc) is 1.68. The molecule has 0 aliphatic rings. The van der Waals surface area contributed by atoms with Crippen LogP contribution in [0.3, 0.4) is 0 Å². The molecular weight excluding hydrogens is 112 g/mol. The summed E-state index contributed by atoms with van der Waals surface area (Å²) in [6.45, 7) is 2.40. The molecule has 0 atom stereocenters. The van der Waals surface area contributed by atoms with Gasteiger partial charge >= 0.3 is 0 Å². The van der Waals surface area contributed by atoms with E-state index in [1.165, 1.54) is 0 Å². The van der Waals surface area contributed by atoms with Crippen LogP contribution in [0.2, 0.25) is 0 Å². The Labute approximate surface area is 48.9 Å². The summed E-state index contributed by atoms with van der Waals surface area (Å²) >= 11 is 5.50. The van der Waals surface area contributed by atoms with E-state index in [2.05, 4.69) is 0 Å². The third kappa shape index (κ3) is 3.83. The number of halogens is 1. The molecule has 0 saturated heterocycles. The van der Waals surface area contributed by atoms with Crippen LogP contribution in [-0.4, -0.2) is 13.7 Å². The van der Waals surface area contributed by atoms with Crippen molar-refractivity contribution in [2.75, 3.05) is 13.7 Å². The minimum absolute atomic E-state index is 0.526. The van der Waals surface area contributed by atoms with Crippen LogP contribution >= 0.6 is 11.6 Å². The van der Waals surface area contributed by atoms with Crippen molar-refractivity contribution in [1.82, 2.24) is 0 Å². The van der Waals surface area contributed by atoms with Crippen LogP contribution in [0.4, 0.5) is 0 Å². The van der Waals surface area contributed by atoms with E-state index < -0.39 is 0 Å². The summed E-state index contributed by atoms with van der Waals surface area (Å²) in [4.78, 5) is 0. The lowest BCUT2D eigenvalue weighted by molar-refractivity contribution is 0.231. The van der Waals surface area contributed by atoms with Crippen molar-refractivity contribution in [3.63, 3.8) is 0 Å². The Bertz CT molecular complexity index is 68.5. The van der Waals surface area contributed by atoms with E-state index in [9.17, 15) is 0 Å². The zero-order valence-corrected chi connectivity index (χ0v) is 5.33. The molecule has 7 heavy (non-hydrogen) atoms. The van der Waals surface area contributed by atoms with Crippen molar-refractivity contribution >= 4 is 11.6 Å². The Morgan fingerprint density at radius 2 is 2.43 bits per heavy atom. The highest BCUT2D eigenvalue weighted by molar-refractivity contribution is 6.29. The predicted octanol–water partition coefficient (Wildman–Crippen LogP) is 1.78. The van der Waals surface area contributed by atoms with Gasteiger partial charge in [-0.05, 0) is 6.92 Å². The van der Waals surface area contributed by atoms with E-state index in [1.807, 2.05) is 13.0 Å². The molecule has 0 amide bonds. The summed E-state index contributed by atoms with van der Waals surface area (Å²) in [6.07, 6.45) is 1.81. The molecule has 2 heteroatoms. The maximum absolute atomic E-state index is 5.50. The quantitative estimate of drug-likeness (QED) is 0.540. The summed E-state index contributed by atoms with van der Waals surface area (Å²) in [5, 5.41) is 0.752. The first-order chi connectivity index (χ1) is 3.31. The van der Waals surface area contributed by atoms with Gasteiger partial charge in [0.15, 0.2) is 0 Å². The lowest BCUT2D eigenvalue weighted by Crippen LogP contribution is -1.84. The molecule has 0 aliphatic heterocycles. The third-order valence-corrected chi connectivity index (χ3v) is 0.923. The fraction of sp³-hybridized carbons (Fsp3) is 0.600. The molecular formula is C5H9ClO. The summed E-state index contributed by atoms with van der Waals surface area (Å²) in [5.41, 5.74) is 0. The lowest BCUT2D eigenvalue weighted by Gasteiger charge is -1.90. The SMILES string of the molecule is CC=C(Cl)COC. The number of methoxy groups -OCH3 is 1. The lowest BCUT2D eigenvalue weighted by atomic mass is 10.5. The third-order valence-electron chi connectivity index (χ3n) is 0.595. The molecule has 0 spiro atoms. The molecule has 0 aromatic heterocycles. The highest BCUT2D eigenvalue weighted by atomic mass is 35.5. The fourth-order valence-electron chi connectivity index (χ4n) is 0.221. The standard InChI is InChI=1S/C5H9ClO/c1-3-5(6)4-7-2/h3H,4H2,1-2H3. The smallest absolute Gasteiger partial charge is 0.0815 e. The van der Waals surface area contributed by atoms with E-state index in [1.54, 1.807) is 7.11 Å². The van der Waals surface area contributed by atoms with Crippen LogP contribution in [0.25, 0.3) is 0 Å². The number of hydrogen-bond donors (Lipinski definition) is 0. The molecule has 0 unspecified atom stereocenters. The second-order valence-electron chi connectivity index (χ2n) is 1.17. The van der Waals surface area contributed by atoms with Gasteiger partial charge in [0.05, 0.1) is 6.61 Å². The molecule has 0 fully saturated rings. The van der Waals surface area contributed by atoms with Gasteiger partial charge in [-0.3, -0.25) is 0 Å². The first-order valence-corrected chi connectivity index (χ1v) is 2.48. The van der Waals surface area contributed by atoms with E-state index in [0.717, 1.165) is 5.03 Å². The molecule has 0 saturated carbocycles. The first kappa shape index (κ1) is 6.99. The molecule has 0 aromatic carbocycles. The van der Waals surface area contributed by atoms with Crippen molar-refractivity contribution in [1.29, 1.82) is 0 Å². The van der Waals surface area contributed by atoms with Gasteiger partial charge in [-0.25, -0.2) is 0 Å². The van der Waals surface area contributed by atoms with Gasteiger partial charge in [-0.15, -0.1) is 0 Å². The minimum Gasteiger partial charge on any atom is -0.379 e. The van der Waals surface area contributed by atoms with Gasteiger partial charge in [0.2, 0.25) is 0 Å². The maximum atomic E-state index is 5.50. The van der Waals surface area contributed by atoms with Crippen molar-refractivity contribution in [3.05, 3.63) is 11.1 Å². The number of rotatable bonds is 2. The van der Waals surface area contributed by atoms with Crippen molar-refractivity contribution in [2.45, 2.75) is 6.92 Å². The van der Waals surface area contributed by atoms with Crippen LogP contribution < -0.4 is 0 Å². The molecule has 0 aromatic rings. The molecule has 1 nitrogen and oxygen atoms in total. The fourth-order valence-corrected chi connectivity index (χ4v) is 0.330. The minimum atomic E-state index is 0.526. The summed E-state index contributed by atoms with van der Waals surface area (Å²) < 4.78 is 4.69. The largest absolute Gasteiger partial charge is 0.379 e. The van der Waals surface area contributed by atoms with Crippen LogP contribution in [0.5, 0.6) is 0 Å². The molecule has 0 bridgehead atoms. The van der Waals surface area contributed by atoms with Gasteiger partial charge in [-0.2, -0.15) is 0 Å². The molecule has 0 radical (unpaired) electrons. The van der Waals surface area contributed by atoms with E-state index >= 15 is 0 Å². The molecule has 0 rings (SSSR count). The van der Waals surface area contributed by atoms with Crippen LogP contribution in [-0.2, 0) is 4.74 Å². The normalized spacial score (nSPS) is 12.1. The zero-order valence-electron chi connectivity index (χ0n) is 4.57. The Balaban J connectivity index is 3.17. The number of allylic oxidation sites excluding steroid dienone is 1. The molecule has 0 aliphatic carbocycles. The topological polar surface area (TPSA) is 9.23 Å². The number of hydrogen-bond acceptors (Lipinski definition) is 1. The molecule has 0 heterocycles. The van der Waals surface area contributed by atoms with E-state index in [-0.39, 0.29) is 0 Å². The Morgan fingerprint density at radius 1 is 1.86 bits per heavy atom. The predicted molar refractivity (Wildman–Crippen MR) is 31.5 cm³/mol.